The van der Waals surface area contributed by atoms with Crippen LogP contribution >= 0.6 is 9.24 Å². The largest absolute Gasteiger partial charge is 0.300 e. The van der Waals surface area contributed by atoms with Crippen molar-refractivity contribution in [1.82, 2.24) is 0 Å². The van der Waals surface area contributed by atoms with Crippen molar-refractivity contribution >= 4 is 36.7 Å². The van der Waals surface area contributed by atoms with Crippen LogP contribution < -0.4 is 0 Å². The third kappa shape index (κ3) is 9.70. The van der Waals surface area contributed by atoms with Crippen molar-refractivity contribution in [3.8, 4) is 0 Å². The van der Waals surface area contributed by atoms with Gasteiger partial charge in [0.2, 0.25) is 0 Å². The van der Waals surface area contributed by atoms with Crippen LogP contribution in [-0.2, 0) is 25.5 Å². The fourth-order valence-electron chi connectivity index (χ4n) is 2.10. The van der Waals surface area contributed by atoms with Gasteiger partial charge in [0.05, 0.1) is 12.0 Å². The quantitative estimate of drug-likeness (QED) is 0.387. The molecular formula is C21H27O6PS. The number of Topliss-reactive ketones (excluding diaryl/α,β-unsaturated/α-hetero) is 3. The summed E-state index contributed by atoms with van der Waals surface area (Å²) in [5.74, 6) is 0.0799. The monoisotopic (exact) mass is 438 g/mol. The van der Waals surface area contributed by atoms with Gasteiger partial charge in [0.25, 0.3) is 10.1 Å². The number of hydrogen-bond acceptors (Lipinski definition) is 6. The lowest BCUT2D eigenvalue weighted by Gasteiger charge is -2.01. The van der Waals surface area contributed by atoms with Gasteiger partial charge in [-0.05, 0) is 38.5 Å². The molecule has 0 aromatic heterocycles. The Balaban J connectivity index is 0.000000499. The van der Waals surface area contributed by atoms with Gasteiger partial charge in [0.15, 0.2) is 11.6 Å². The zero-order valence-electron chi connectivity index (χ0n) is 17.3. The molecule has 0 aliphatic carbocycles. The molecule has 0 aliphatic rings. The van der Waals surface area contributed by atoms with Crippen molar-refractivity contribution in [3.63, 3.8) is 0 Å². The lowest BCUT2D eigenvalue weighted by molar-refractivity contribution is -0.116. The maximum absolute atomic E-state index is 11.2. The Bertz CT molecular complexity index is 917. The third-order valence-electron chi connectivity index (χ3n) is 3.58. The predicted octanol–water partition coefficient (Wildman–Crippen LogP) is 3.74. The van der Waals surface area contributed by atoms with Gasteiger partial charge in [-0.2, -0.15) is 8.42 Å². The second-order valence-electron chi connectivity index (χ2n) is 5.83. The zero-order valence-corrected chi connectivity index (χ0v) is 19.2. The SMILES string of the molecule is CC(=O)Cc1ccc(C(C)=O)cc1.COS(=O)(=O)c1ccc(C(C)=O)cc1.CP. The number of hydrogen-bond donors (Lipinski definition) is 0. The van der Waals surface area contributed by atoms with E-state index < -0.39 is 10.1 Å². The molecule has 6 nitrogen and oxygen atoms in total. The van der Waals surface area contributed by atoms with Crippen LogP contribution in [-0.4, -0.2) is 39.5 Å². The molecule has 0 saturated carbocycles. The molecule has 0 amide bonds. The van der Waals surface area contributed by atoms with Crippen LogP contribution in [0.15, 0.2) is 53.4 Å². The molecule has 29 heavy (non-hydrogen) atoms. The predicted molar refractivity (Wildman–Crippen MR) is 117 cm³/mol. The van der Waals surface area contributed by atoms with E-state index in [2.05, 4.69) is 13.4 Å². The fourth-order valence-corrected chi connectivity index (χ4v) is 2.76. The average Bonchev–Trinajstić information content (AvgIpc) is 2.70. The van der Waals surface area contributed by atoms with Gasteiger partial charge in [-0.1, -0.05) is 43.1 Å². The highest BCUT2D eigenvalue weighted by atomic mass is 32.2. The van der Waals surface area contributed by atoms with Crippen molar-refractivity contribution in [2.24, 2.45) is 0 Å². The van der Waals surface area contributed by atoms with Crippen molar-refractivity contribution in [2.75, 3.05) is 13.8 Å². The first kappa shape index (κ1) is 26.8. The second-order valence-corrected chi connectivity index (χ2v) is 7.55. The van der Waals surface area contributed by atoms with E-state index in [9.17, 15) is 22.8 Å². The summed E-state index contributed by atoms with van der Waals surface area (Å²) >= 11 is 0. The van der Waals surface area contributed by atoms with Crippen LogP contribution in [0.4, 0.5) is 0 Å². The standard InChI is InChI=1S/C11H12O2.C9H10O4S.CH5P/c1-8(12)7-10-3-5-11(6-4-10)9(2)13;1-7(10)8-3-5-9(6-4-8)14(11,12)13-2;1-2/h3-6H,7H2,1-2H3;3-6H,1-2H3;2H2,1H3. The summed E-state index contributed by atoms with van der Waals surface area (Å²) in [6.07, 6.45) is 0.443. The van der Waals surface area contributed by atoms with Crippen molar-refractivity contribution < 1.29 is 27.0 Å². The van der Waals surface area contributed by atoms with E-state index in [1.165, 1.54) is 38.1 Å². The Labute approximate surface area is 175 Å². The van der Waals surface area contributed by atoms with E-state index >= 15 is 0 Å². The Morgan fingerprint density at radius 1 is 0.793 bits per heavy atom. The second kappa shape index (κ2) is 13.1. The molecule has 1 unspecified atom stereocenters. The summed E-state index contributed by atoms with van der Waals surface area (Å²) in [5.41, 5.74) is 2.12. The van der Waals surface area contributed by atoms with Crippen LogP contribution in [0.1, 0.15) is 47.1 Å². The summed E-state index contributed by atoms with van der Waals surface area (Å²) in [6, 6.07) is 12.7. The molecule has 0 fully saturated rings. The first-order valence-electron chi connectivity index (χ1n) is 8.65. The van der Waals surface area contributed by atoms with Gasteiger partial charge >= 0.3 is 0 Å². The van der Waals surface area contributed by atoms with E-state index in [-0.39, 0.29) is 22.2 Å². The summed E-state index contributed by atoms with van der Waals surface area (Å²) in [5, 5.41) is 0. The molecule has 0 spiro atoms. The van der Waals surface area contributed by atoms with Crippen molar-refractivity contribution in [2.45, 2.75) is 32.1 Å². The minimum Gasteiger partial charge on any atom is -0.300 e. The molecule has 0 radical (unpaired) electrons. The lowest BCUT2D eigenvalue weighted by atomic mass is 10.1. The molecule has 1 atom stereocenters. The van der Waals surface area contributed by atoms with Gasteiger partial charge in [0.1, 0.15) is 5.78 Å². The van der Waals surface area contributed by atoms with Crippen LogP contribution in [0.5, 0.6) is 0 Å². The highest BCUT2D eigenvalue weighted by molar-refractivity contribution is 7.86. The molecule has 0 saturated heterocycles. The average molecular weight is 438 g/mol. The fraction of sp³-hybridized carbons (Fsp3) is 0.286. The Morgan fingerprint density at radius 2 is 1.17 bits per heavy atom. The molecule has 158 valence electrons. The zero-order chi connectivity index (χ0) is 22.6. The van der Waals surface area contributed by atoms with Gasteiger partial charge in [0, 0.05) is 17.5 Å². The lowest BCUT2D eigenvalue weighted by Crippen LogP contribution is -2.03. The van der Waals surface area contributed by atoms with E-state index in [1.807, 2.05) is 18.8 Å². The Morgan fingerprint density at radius 3 is 1.48 bits per heavy atom. The normalized spacial score (nSPS) is 10.0. The summed E-state index contributed by atoms with van der Waals surface area (Å²) < 4.78 is 26.7. The van der Waals surface area contributed by atoms with E-state index in [0.717, 1.165) is 12.7 Å². The summed E-state index contributed by atoms with van der Waals surface area (Å²) in [6.45, 7) is 6.42. The first-order valence-corrected chi connectivity index (χ1v) is 11.2. The van der Waals surface area contributed by atoms with Gasteiger partial charge in [-0.3, -0.25) is 18.6 Å². The van der Waals surface area contributed by atoms with Crippen molar-refractivity contribution in [3.05, 3.63) is 65.2 Å². The Hall–Kier alpha value is -2.21. The van der Waals surface area contributed by atoms with Crippen LogP contribution in [0, 0.1) is 0 Å². The van der Waals surface area contributed by atoms with E-state index in [1.54, 1.807) is 19.1 Å². The number of rotatable bonds is 6. The number of benzene rings is 2. The molecule has 0 N–H and O–H groups in total. The summed E-state index contributed by atoms with van der Waals surface area (Å²) in [4.78, 5) is 32.6. The van der Waals surface area contributed by atoms with Crippen molar-refractivity contribution in [1.29, 1.82) is 0 Å². The minimum atomic E-state index is -3.65. The molecule has 0 aliphatic heterocycles. The smallest absolute Gasteiger partial charge is 0.296 e. The van der Waals surface area contributed by atoms with Gasteiger partial charge in [-0.15, -0.1) is 9.24 Å². The highest BCUT2D eigenvalue weighted by Gasteiger charge is 2.12. The van der Waals surface area contributed by atoms with E-state index in [4.69, 9.17) is 0 Å². The van der Waals surface area contributed by atoms with Crippen LogP contribution in [0.25, 0.3) is 0 Å². The van der Waals surface area contributed by atoms with Gasteiger partial charge in [-0.25, -0.2) is 0 Å². The maximum atomic E-state index is 11.2. The molecule has 2 aromatic rings. The molecular weight excluding hydrogens is 411 g/mol. The number of carbonyl (C=O) groups excluding carboxylic acids is 3. The molecule has 2 rings (SSSR count). The van der Waals surface area contributed by atoms with E-state index in [0.29, 0.717) is 17.5 Å². The topological polar surface area (TPSA) is 94.6 Å². The molecule has 8 heteroatoms. The Kier molecular flexibility index (Phi) is 12.1. The van der Waals surface area contributed by atoms with Gasteiger partial charge < -0.3 is 0 Å². The highest BCUT2D eigenvalue weighted by Crippen LogP contribution is 2.12. The molecule has 2 aromatic carbocycles. The third-order valence-corrected chi connectivity index (χ3v) is 4.87. The number of ketones is 3. The molecule has 0 heterocycles. The van der Waals surface area contributed by atoms with Crippen LogP contribution in [0.2, 0.25) is 0 Å². The molecule has 0 bridgehead atoms. The maximum Gasteiger partial charge on any atom is 0.296 e. The minimum absolute atomic E-state index is 0.0463. The first-order chi connectivity index (χ1) is 13.6. The summed E-state index contributed by atoms with van der Waals surface area (Å²) in [7, 11) is -0.144. The van der Waals surface area contributed by atoms with Crippen LogP contribution in [0.3, 0.4) is 0 Å². The number of carbonyl (C=O) groups is 3.